The van der Waals surface area contributed by atoms with Gasteiger partial charge < -0.3 is 4.74 Å². The molecule has 0 N–H and O–H groups in total. The molecule has 0 radical (unpaired) electrons. The van der Waals surface area contributed by atoms with Crippen molar-refractivity contribution in [2.75, 3.05) is 6.61 Å². The molecule has 1 rings (SSSR count). The molecule has 0 aliphatic rings. The van der Waals surface area contributed by atoms with Crippen molar-refractivity contribution in [3.63, 3.8) is 0 Å². The van der Waals surface area contributed by atoms with E-state index in [9.17, 15) is 13.2 Å². The van der Waals surface area contributed by atoms with Gasteiger partial charge in [-0.2, -0.15) is 13.2 Å². The largest absolute Gasteiger partial charge is 0.494 e. The number of ether oxygens (including phenoxy) is 1. The predicted molar refractivity (Wildman–Crippen MR) is 78.4 cm³/mol. The van der Waals surface area contributed by atoms with Gasteiger partial charge in [0.05, 0.1) is 12.2 Å². The lowest BCUT2D eigenvalue weighted by Gasteiger charge is -2.11. The summed E-state index contributed by atoms with van der Waals surface area (Å²) in [5, 5.41) is 0. The molecular weight excluding hydrogens is 333 g/mol. The Hall–Kier alpha value is -0.710. The maximum absolute atomic E-state index is 12.5. The molecule has 1 unspecified atom stereocenters. The number of halogens is 4. The van der Waals surface area contributed by atoms with E-state index in [4.69, 9.17) is 4.74 Å². The van der Waals surface area contributed by atoms with Gasteiger partial charge in [0.1, 0.15) is 5.75 Å². The topological polar surface area (TPSA) is 9.23 Å². The number of hydrogen-bond donors (Lipinski definition) is 0. The number of alkyl halides is 4. The average Bonchev–Trinajstić information content (AvgIpc) is 2.41. The first-order valence-electron chi connectivity index (χ1n) is 6.87. The van der Waals surface area contributed by atoms with Gasteiger partial charge in [-0.1, -0.05) is 41.8 Å². The van der Waals surface area contributed by atoms with Gasteiger partial charge in [0.25, 0.3) is 0 Å². The van der Waals surface area contributed by atoms with Crippen LogP contribution in [-0.4, -0.2) is 11.4 Å². The fraction of sp³-hybridized carbons (Fsp3) is 0.600. The molecule has 0 aliphatic heterocycles. The molecule has 0 bridgehead atoms. The fourth-order valence-corrected chi connectivity index (χ4v) is 2.47. The van der Waals surface area contributed by atoms with E-state index in [-0.39, 0.29) is 5.75 Å². The summed E-state index contributed by atoms with van der Waals surface area (Å²) in [7, 11) is 0. The third-order valence-electron chi connectivity index (χ3n) is 2.96. The normalized spacial score (nSPS) is 13.2. The van der Waals surface area contributed by atoms with Gasteiger partial charge in [-0.05, 0) is 37.5 Å². The number of benzene rings is 1. The van der Waals surface area contributed by atoms with Crippen molar-refractivity contribution in [1.29, 1.82) is 0 Å². The Balaban J connectivity index is 2.32. The summed E-state index contributed by atoms with van der Waals surface area (Å²) in [6.07, 6.45) is 0.961. The molecule has 0 saturated carbocycles. The Morgan fingerprint density at radius 2 is 1.90 bits per heavy atom. The van der Waals surface area contributed by atoms with E-state index >= 15 is 0 Å². The van der Waals surface area contributed by atoms with Gasteiger partial charge >= 0.3 is 6.18 Å². The lowest BCUT2D eigenvalue weighted by molar-refractivity contribution is -0.137. The quantitative estimate of drug-likeness (QED) is 0.423. The molecule has 114 valence electrons. The second-order valence-electron chi connectivity index (χ2n) is 4.76. The first kappa shape index (κ1) is 17.3. The highest BCUT2D eigenvalue weighted by atomic mass is 79.9. The van der Waals surface area contributed by atoms with Crippen molar-refractivity contribution in [1.82, 2.24) is 0 Å². The molecule has 0 aromatic heterocycles. The van der Waals surface area contributed by atoms with Crippen LogP contribution in [0.3, 0.4) is 0 Å². The van der Waals surface area contributed by atoms with E-state index in [1.165, 1.54) is 18.9 Å². The maximum atomic E-state index is 12.5. The molecule has 5 heteroatoms. The highest BCUT2D eigenvalue weighted by Gasteiger charge is 2.30. The van der Waals surface area contributed by atoms with Crippen LogP contribution in [0.2, 0.25) is 0 Å². The van der Waals surface area contributed by atoms with Crippen LogP contribution in [0.5, 0.6) is 5.75 Å². The van der Waals surface area contributed by atoms with Crippen LogP contribution in [0.25, 0.3) is 0 Å². The van der Waals surface area contributed by atoms with E-state index < -0.39 is 11.7 Å². The highest BCUT2D eigenvalue weighted by Crippen LogP contribution is 2.31. The highest BCUT2D eigenvalue weighted by molar-refractivity contribution is 9.09. The Kier molecular flexibility index (Phi) is 7.41. The number of rotatable bonds is 8. The molecule has 1 aromatic rings. The zero-order chi connectivity index (χ0) is 15.0. The van der Waals surface area contributed by atoms with Crippen molar-refractivity contribution in [2.24, 2.45) is 0 Å². The standard InChI is InChI=1S/C15H20BrF3O/c1-2-3-7-13(16)8-5-10-20-14-9-4-6-12(11-14)15(17,18)19/h4,6,9,11,13H,2-3,5,7-8,10H2,1H3. The monoisotopic (exact) mass is 352 g/mol. The lowest BCUT2D eigenvalue weighted by Crippen LogP contribution is -2.06. The summed E-state index contributed by atoms with van der Waals surface area (Å²) in [5.41, 5.74) is -0.670. The van der Waals surface area contributed by atoms with E-state index in [0.29, 0.717) is 11.4 Å². The van der Waals surface area contributed by atoms with Crippen LogP contribution in [0.15, 0.2) is 24.3 Å². The van der Waals surface area contributed by atoms with E-state index in [0.717, 1.165) is 31.4 Å². The van der Waals surface area contributed by atoms with Crippen molar-refractivity contribution in [3.8, 4) is 5.75 Å². The molecule has 0 fully saturated rings. The van der Waals surface area contributed by atoms with Crippen molar-refractivity contribution < 1.29 is 17.9 Å². The van der Waals surface area contributed by atoms with Crippen LogP contribution in [0.1, 0.15) is 44.6 Å². The molecule has 1 atom stereocenters. The minimum absolute atomic E-state index is 0.277. The molecule has 20 heavy (non-hydrogen) atoms. The Morgan fingerprint density at radius 3 is 2.55 bits per heavy atom. The van der Waals surface area contributed by atoms with E-state index in [1.807, 2.05) is 0 Å². The molecule has 0 aliphatic carbocycles. The molecule has 1 nitrogen and oxygen atoms in total. The molecule has 0 amide bonds. The van der Waals surface area contributed by atoms with Crippen molar-refractivity contribution in [3.05, 3.63) is 29.8 Å². The molecule has 0 spiro atoms. The number of hydrogen-bond acceptors (Lipinski definition) is 1. The van der Waals surface area contributed by atoms with E-state index in [2.05, 4.69) is 22.9 Å². The first-order valence-corrected chi connectivity index (χ1v) is 7.79. The Labute approximate surface area is 126 Å². The Morgan fingerprint density at radius 1 is 1.20 bits per heavy atom. The zero-order valence-corrected chi connectivity index (χ0v) is 13.1. The van der Waals surface area contributed by atoms with Gasteiger partial charge in [-0.3, -0.25) is 0 Å². The molecule has 0 saturated heterocycles. The van der Waals surface area contributed by atoms with Gasteiger partial charge in [0.2, 0.25) is 0 Å². The van der Waals surface area contributed by atoms with Crippen molar-refractivity contribution >= 4 is 15.9 Å². The van der Waals surface area contributed by atoms with Crippen LogP contribution in [-0.2, 0) is 6.18 Å². The van der Waals surface area contributed by atoms with Crippen molar-refractivity contribution in [2.45, 2.75) is 50.0 Å². The second-order valence-corrected chi connectivity index (χ2v) is 6.05. The average molecular weight is 353 g/mol. The SMILES string of the molecule is CCCCC(Br)CCCOc1cccc(C(F)(F)F)c1. The minimum atomic E-state index is -4.32. The third kappa shape index (κ3) is 6.64. The van der Waals surface area contributed by atoms with Crippen LogP contribution in [0, 0.1) is 0 Å². The van der Waals surface area contributed by atoms with Gasteiger partial charge in [-0.25, -0.2) is 0 Å². The predicted octanol–water partition coefficient (Wildman–Crippen LogP) is 5.82. The second kappa shape index (κ2) is 8.55. The lowest BCUT2D eigenvalue weighted by atomic mass is 10.1. The maximum Gasteiger partial charge on any atom is 0.416 e. The third-order valence-corrected chi connectivity index (χ3v) is 3.88. The summed E-state index contributed by atoms with van der Waals surface area (Å²) >= 11 is 3.60. The Bertz CT molecular complexity index is 393. The van der Waals surface area contributed by atoms with Gasteiger partial charge in [-0.15, -0.1) is 0 Å². The molecular formula is C15H20BrF3O. The summed E-state index contributed by atoms with van der Waals surface area (Å²) in [6, 6.07) is 5.01. The van der Waals surface area contributed by atoms with E-state index in [1.54, 1.807) is 6.07 Å². The summed E-state index contributed by atoms with van der Waals surface area (Å²) < 4.78 is 42.9. The summed E-state index contributed by atoms with van der Waals surface area (Å²) in [4.78, 5) is 0.465. The van der Waals surface area contributed by atoms with Crippen LogP contribution < -0.4 is 4.74 Å². The van der Waals surface area contributed by atoms with Gasteiger partial charge in [0, 0.05) is 4.83 Å². The van der Waals surface area contributed by atoms with Gasteiger partial charge in [0.15, 0.2) is 0 Å². The molecule has 1 aromatic carbocycles. The molecule has 0 heterocycles. The van der Waals surface area contributed by atoms with Crippen LogP contribution >= 0.6 is 15.9 Å². The first-order chi connectivity index (χ1) is 9.43. The van der Waals surface area contributed by atoms with Crippen LogP contribution in [0.4, 0.5) is 13.2 Å². The number of unbranched alkanes of at least 4 members (excludes halogenated alkanes) is 1. The summed E-state index contributed by atoms with van der Waals surface area (Å²) in [5.74, 6) is 0.277. The zero-order valence-electron chi connectivity index (χ0n) is 11.5. The summed E-state index contributed by atoms with van der Waals surface area (Å²) in [6.45, 7) is 2.59. The smallest absolute Gasteiger partial charge is 0.416 e. The fourth-order valence-electron chi connectivity index (χ4n) is 1.83. The minimum Gasteiger partial charge on any atom is -0.494 e.